The van der Waals surface area contributed by atoms with Crippen LogP contribution in [0, 0.1) is 0 Å². The minimum absolute atomic E-state index is 0.443. The monoisotopic (exact) mass is 186 g/mol. The van der Waals surface area contributed by atoms with E-state index in [-0.39, 0.29) is 0 Å². The molecule has 0 aliphatic rings. The van der Waals surface area contributed by atoms with E-state index in [9.17, 15) is 0 Å². The van der Waals surface area contributed by atoms with Gasteiger partial charge in [0, 0.05) is 24.5 Å². The highest BCUT2D eigenvalue weighted by molar-refractivity contribution is 5.25. The van der Waals surface area contributed by atoms with Crippen molar-refractivity contribution in [2.75, 3.05) is 5.73 Å². The van der Waals surface area contributed by atoms with Crippen LogP contribution in [0.15, 0.2) is 36.8 Å². The van der Waals surface area contributed by atoms with Gasteiger partial charge in [0.1, 0.15) is 5.82 Å². The molecule has 0 spiro atoms. The van der Waals surface area contributed by atoms with E-state index in [0.717, 1.165) is 11.4 Å². The summed E-state index contributed by atoms with van der Waals surface area (Å²) in [6.07, 6.45) is 5.65. The molecule has 0 fully saturated rings. The van der Waals surface area contributed by atoms with Crippen LogP contribution in [0.3, 0.4) is 0 Å². The zero-order chi connectivity index (χ0) is 9.80. The van der Waals surface area contributed by atoms with Crippen molar-refractivity contribution >= 4 is 5.82 Å². The average Bonchev–Trinajstić information content (AvgIpc) is 2.19. The van der Waals surface area contributed by atoms with Crippen molar-refractivity contribution in [1.82, 2.24) is 15.0 Å². The number of hydrogen-bond donors (Lipinski definition) is 1. The van der Waals surface area contributed by atoms with Crippen LogP contribution < -0.4 is 5.73 Å². The van der Waals surface area contributed by atoms with E-state index in [1.165, 1.54) is 6.20 Å². The van der Waals surface area contributed by atoms with Crippen LogP contribution >= 0.6 is 0 Å². The molecular weight excluding hydrogens is 176 g/mol. The van der Waals surface area contributed by atoms with E-state index < -0.39 is 0 Å². The third-order valence-electron chi connectivity index (χ3n) is 1.79. The topological polar surface area (TPSA) is 64.7 Å². The maximum atomic E-state index is 5.52. The summed E-state index contributed by atoms with van der Waals surface area (Å²) in [5.74, 6) is 0.443. The minimum atomic E-state index is 0.443. The third kappa shape index (κ3) is 2.04. The maximum absolute atomic E-state index is 5.52. The van der Waals surface area contributed by atoms with Crippen LogP contribution in [0.4, 0.5) is 5.82 Å². The standard InChI is InChI=1S/C10H10N4/c11-10-7-12-6-9(14-10)5-8-3-1-2-4-13-8/h1-4,6-7H,5H2,(H2,11,14). The quantitative estimate of drug-likeness (QED) is 0.761. The van der Waals surface area contributed by atoms with Crippen LogP contribution in [0.5, 0.6) is 0 Å². The van der Waals surface area contributed by atoms with Gasteiger partial charge >= 0.3 is 0 Å². The molecule has 0 saturated carbocycles. The Morgan fingerprint density at radius 2 is 2.07 bits per heavy atom. The summed E-state index contributed by atoms with van der Waals surface area (Å²) in [5.41, 5.74) is 7.32. The fraction of sp³-hybridized carbons (Fsp3) is 0.100. The molecule has 2 rings (SSSR count). The van der Waals surface area contributed by atoms with Gasteiger partial charge in [-0.15, -0.1) is 0 Å². The molecule has 4 nitrogen and oxygen atoms in total. The second-order valence-corrected chi connectivity index (χ2v) is 2.93. The van der Waals surface area contributed by atoms with E-state index in [2.05, 4.69) is 15.0 Å². The van der Waals surface area contributed by atoms with E-state index in [1.807, 2.05) is 18.2 Å². The number of nitrogens with zero attached hydrogens (tertiary/aromatic N) is 3. The van der Waals surface area contributed by atoms with Crippen LogP contribution in [-0.4, -0.2) is 15.0 Å². The summed E-state index contributed by atoms with van der Waals surface area (Å²) in [6.45, 7) is 0. The predicted molar refractivity (Wildman–Crippen MR) is 53.5 cm³/mol. The molecule has 14 heavy (non-hydrogen) atoms. The molecule has 2 aromatic rings. The van der Waals surface area contributed by atoms with Crippen molar-refractivity contribution in [3.8, 4) is 0 Å². The van der Waals surface area contributed by atoms with Gasteiger partial charge in [-0.05, 0) is 12.1 Å². The molecule has 4 heteroatoms. The SMILES string of the molecule is Nc1cncc(Cc2ccccn2)n1. The Morgan fingerprint density at radius 3 is 2.79 bits per heavy atom. The summed E-state index contributed by atoms with van der Waals surface area (Å²) in [4.78, 5) is 12.3. The van der Waals surface area contributed by atoms with Crippen molar-refractivity contribution in [1.29, 1.82) is 0 Å². The summed E-state index contributed by atoms with van der Waals surface area (Å²) in [5, 5.41) is 0. The van der Waals surface area contributed by atoms with Gasteiger partial charge < -0.3 is 5.73 Å². The van der Waals surface area contributed by atoms with E-state index in [0.29, 0.717) is 12.2 Å². The van der Waals surface area contributed by atoms with E-state index in [4.69, 9.17) is 5.73 Å². The lowest BCUT2D eigenvalue weighted by molar-refractivity contribution is 0.992. The second kappa shape index (κ2) is 3.83. The first kappa shape index (κ1) is 8.62. The first-order valence-corrected chi connectivity index (χ1v) is 4.31. The number of nitrogens with two attached hydrogens (primary N) is 1. The average molecular weight is 186 g/mol. The highest BCUT2D eigenvalue weighted by Gasteiger charge is 1.98. The van der Waals surface area contributed by atoms with Gasteiger partial charge in [-0.1, -0.05) is 6.07 Å². The molecule has 0 atom stereocenters. The highest BCUT2D eigenvalue weighted by Crippen LogP contribution is 2.04. The zero-order valence-electron chi connectivity index (χ0n) is 7.59. The Morgan fingerprint density at radius 1 is 1.14 bits per heavy atom. The Hall–Kier alpha value is -1.97. The van der Waals surface area contributed by atoms with Gasteiger partial charge in [0.25, 0.3) is 0 Å². The fourth-order valence-corrected chi connectivity index (χ4v) is 1.20. The normalized spacial score (nSPS) is 10.0. The van der Waals surface area contributed by atoms with Gasteiger partial charge in [0.2, 0.25) is 0 Å². The Labute approximate surface area is 81.9 Å². The molecule has 2 heterocycles. The molecule has 0 bridgehead atoms. The number of aromatic nitrogens is 3. The summed E-state index contributed by atoms with van der Waals surface area (Å²) in [7, 11) is 0. The highest BCUT2D eigenvalue weighted by atomic mass is 14.9. The van der Waals surface area contributed by atoms with Gasteiger partial charge in [-0.25, -0.2) is 4.98 Å². The molecule has 0 amide bonds. The smallest absolute Gasteiger partial charge is 0.142 e. The molecule has 2 aromatic heterocycles. The molecule has 0 radical (unpaired) electrons. The van der Waals surface area contributed by atoms with Crippen LogP contribution in [0.25, 0.3) is 0 Å². The summed E-state index contributed by atoms with van der Waals surface area (Å²) < 4.78 is 0. The Balaban J connectivity index is 2.19. The van der Waals surface area contributed by atoms with E-state index >= 15 is 0 Å². The summed E-state index contributed by atoms with van der Waals surface area (Å²) in [6, 6.07) is 5.78. The number of pyridine rings is 1. The Kier molecular flexibility index (Phi) is 2.36. The lowest BCUT2D eigenvalue weighted by Crippen LogP contribution is -1.99. The first-order chi connectivity index (χ1) is 6.84. The number of anilines is 1. The molecule has 0 aromatic carbocycles. The first-order valence-electron chi connectivity index (χ1n) is 4.31. The lowest BCUT2D eigenvalue weighted by Gasteiger charge is -1.99. The predicted octanol–water partition coefficient (Wildman–Crippen LogP) is 1.04. The molecule has 0 aliphatic heterocycles. The molecule has 70 valence electrons. The van der Waals surface area contributed by atoms with Crippen LogP contribution in [0.1, 0.15) is 11.4 Å². The van der Waals surface area contributed by atoms with Gasteiger partial charge in [-0.2, -0.15) is 0 Å². The zero-order valence-corrected chi connectivity index (χ0v) is 7.59. The van der Waals surface area contributed by atoms with Crippen molar-refractivity contribution in [2.24, 2.45) is 0 Å². The number of hydrogen-bond acceptors (Lipinski definition) is 4. The molecule has 2 N–H and O–H groups in total. The van der Waals surface area contributed by atoms with E-state index in [1.54, 1.807) is 12.4 Å². The largest absolute Gasteiger partial charge is 0.382 e. The molecule has 0 aliphatic carbocycles. The van der Waals surface area contributed by atoms with Crippen molar-refractivity contribution in [2.45, 2.75) is 6.42 Å². The molecule has 0 unspecified atom stereocenters. The van der Waals surface area contributed by atoms with Gasteiger partial charge in [0.05, 0.1) is 11.9 Å². The Bertz CT molecular complexity index is 413. The number of rotatable bonds is 2. The minimum Gasteiger partial charge on any atom is -0.382 e. The maximum Gasteiger partial charge on any atom is 0.142 e. The van der Waals surface area contributed by atoms with Gasteiger partial charge in [0.15, 0.2) is 0 Å². The van der Waals surface area contributed by atoms with Crippen LogP contribution in [-0.2, 0) is 6.42 Å². The third-order valence-corrected chi connectivity index (χ3v) is 1.79. The van der Waals surface area contributed by atoms with Crippen LogP contribution in [0.2, 0.25) is 0 Å². The summed E-state index contributed by atoms with van der Waals surface area (Å²) >= 11 is 0. The molecule has 0 saturated heterocycles. The van der Waals surface area contributed by atoms with Crippen molar-refractivity contribution in [3.63, 3.8) is 0 Å². The second-order valence-electron chi connectivity index (χ2n) is 2.93. The van der Waals surface area contributed by atoms with Crippen molar-refractivity contribution in [3.05, 3.63) is 48.2 Å². The van der Waals surface area contributed by atoms with Gasteiger partial charge in [-0.3, -0.25) is 9.97 Å². The van der Waals surface area contributed by atoms with Crippen molar-refractivity contribution < 1.29 is 0 Å². The molecular formula is C10H10N4. The fourth-order valence-electron chi connectivity index (χ4n) is 1.20. The number of nitrogen functional groups attached to an aromatic ring is 1. The lowest BCUT2D eigenvalue weighted by atomic mass is 10.2.